The zero-order chi connectivity index (χ0) is 14.0. The lowest BCUT2D eigenvalue weighted by Crippen LogP contribution is -2.15. The quantitative estimate of drug-likeness (QED) is 0.892. The van der Waals surface area contributed by atoms with Crippen molar-refractivity contribution in [3.63, 3.8) is 0 Å². The molecule has 0 saturated carbocycles. The summed E-state index contributed by atoms with van der Waals surface area (Å²) in [6.45, 7) is 2.38. The molecule has 1 heterocycles. The summed E-state index contributed by atoms with van der Waals surface area (Å²) >= 11 is 0. The standard InChI is InChI=1S/C12H12F2N4O/c1-2-18-6-9(15)11(17-18)12(19)16-10-5-7(13)3-4-8(10)14/h3-6H,2,15H2,1H3,(H,16,19). The molecule has 19 heavy (non-hydrogen) atoms. The summed E-state index contributed by atoms with van der Waals surface area (Å²) in [6.07, 6.45) is 1.50. The third-order valence-electron chi connectivity index (χ3n) is 2.51. The first kappa shape index (κ1) is 13.0. The van der Waals surface area contributed by atoms with Crippen LogP contribution in [0.2, 0.25) is 0 Å². The molecule has 0 saturated heterocycles. The minimum Gasteiger partial charge on any atom is -0.396 e. The van der Waals surface area contributed by atoms with Crippen LogP contribution in [0.4, 0.5) is 20.2 Å². The monoisotopic (exact) mass is 266 g/mol. The van der Waals surface area contributed by atoms with Crippen LogP contribution >= 0.6 is 0 Å². The van der Waals surface area contributed by atoms with E-state index in [1.807, 2.05) is 6.92 Å². The molecule has 1 aromatic heterocycles. The van der Waals surface area contributed by atoms with Gasteiger partial charge in [-0.1, -0.05) is 0 Å². The van der Waals surface area contributed by atoms with Gasteiger partial charge in [-0.05, 0) is 19.1 Å². The number of nitrogens with two attached hydrogens (primary N) is 1. The minimum absolute atomic E-state index is 0.0227. The molecule has 0 spiro atoms. The van der Waals surface area contributed by atoms with Crippen molar-refractivity contribution < 1.29 is 13.6 Å². The molecule has 0 bridgehead atoms. The topological polar surface area (TPSA) is 72.9 Å². The van der Waals surface area contributed by atoms with Gasteiger partial charge in [0.05, 0.1) is 11.4 Å². The molecular formula is C12H12F2N4O. The number of rotatable bonds is 3. The van der Waals surface area contributed by atoms with Crippen LogP contribution in [0.15, 0.2) is 24.4 Å². The van der Waals surface area contributed by atoms with Crippen molar-refractivity contribution in [1.82, 2.24) is 9.78 Å². The van der Waals surface area contributed by atoms with E-state index >= 15 is 0 Å². The summed E-state index contributed by atoms with van der Waals surface area (Å²) in [5.41, 5.74) is 5.53. The number of aryl methyl sites for hydroxylation is 1. The predicted molar refractivity (Wildman–Crippen MR) is 66.6 cm³/mol. The van der Waals surface area contributed by atoms with Crippen LogP contribution in [-0.4, -0.2) is 15.7 Å². The van der Waals surface area contributed by atoms with Crippen molar-refractivity contribution in [1.29, 1.82) is 0 Å². The van der Waals surface area contributed by atoms with E-state index in [4.69, 9.17) is 5.73 Å². The van der Waals surface area contributed by atoms with Crippen LogP contribution in [0.25, 0.3) is 0 Å². The minimum atomic E-state index is -0.733. The van der Waals surface area contributed by atoms with Crippen molar-refractivity contribution >= 4 is 17.3 Å². The molecule has 0 aliphatic carbocycles. The van der Waals surface area contributed by atoms with Gasteiger partial charge in [-0.25, -0.2) is 8.78 Å². The number of aromatic nitrogens is 2. The number of hydrogen-bond acceptors (Lipinski definition) is 3. The Morgan fingerprint density at radius 2 is 2.21 bits per heavy atom. The van der Waals surface area contributed by atoms with Crippen LogP contribution in [-0.2, 0) is 6.54 Å². The van der Waals surface area contributed by atoms with Crippen molar-refractivity contribution in [3.05, 3.63) is 41.7 Å². The van der Waals surface area contributed by atoms with E-state index in [9.17, 15) is 13.6 Å². The number of nitrogen functional groups attached to an aromatic ring is 1. The lowest BCUT2D eigenvalue weighted by molar-refractivity contribution is 0.102. The molecule has 100 valence electrons. The smallest absolute Gasteiger partial charge is 0.278 e. The molecule has 1 amide bonds. The Labute approximate surface area is 108 Å². The molecule has 1 aromatic carbocycles. The van der Waals surface area contributed by atoms with Gasteiger partial charge in [-0.15, -0.1) is 0 Å². The Balaban J connectivity index is 2.25. The van der Waals surface area contributed by atoms with Gasteiger partial charge in [0, 0.05) is 18.8 Å². The maximum absolute atomic E-state index is 13.4. The van der Waals surface area contributed by atoms with Crippen molar-refractivity contribution in [2.75, 3.05) is 11.1 Å². The third-order valence-corrected chi connectivity index (χ3v) is 2.51. The summed E-state index contributed by atoms with van der Waals surface area (Å²) in [5, 5.41) is 6.18. The Morgan fingerprint density at radius 3 is 2.84 bits per heavy atom. The Morgan fingerprint density at radius 1 is 1.47 bits per heavy atom. The zero-order valence-corrected chi connectivity index (χ0v) is 10.2. The first-order valence-corrected chi connectivity index (χ1v) is 5.60. The maximum Gasteiger partial charge on any atom is 0.278 e. The summed E-state index contributed by atoms with van der Waals surface area (Å²) in [6, 6.07) is 2.78. The van der Waals surface area contributed by atoms with Crippen LogP contribution in [0.1, 0.15) is 17.4 Å². The highest BCUT2D eigenvalue weighted by Crippen LogP contribution is 2.17. The van der Waals surface area contributed by atoms with E-state index in [-0.39, 0.29) is 17.1 Å². The SMILES string of the molecule is CCn1cc(N)c(C(=O)Nc2cc(F)ccc2F)n1. The lowest BCUT2D eigenvalue weighted by Gasteiger charge is -2.05. The Kier molecular flexibility index (Phi) is 3.46. The Bertz CT molecular complexity index is 624. The second-order valence-corrected chi connectivity index (χ2v) is 3.87. The molecular weight excluding hydrogens is 254 g/mol. The van der Waals surface area contributed by atoms with Gasteiger partial charge in [0.2, 0.25) is 0 Å². The van der Waals surface area contributed by atoms with Gasteiger partial charge >= 0.3 is 0 Å². The number of carbonyl (C=O) groups is 1. The van der Waals surface area contributed by atoms with Crippen LogP contribution in [0, 0.1) is 11.6 Å². The predicted octanol–water partition coefficient (Wildman–Crippen LogP) is 2.02. The molecule has 2 aromatic rings. The third kappa shape index (κ3) is 2.70. The van der Waals surface area contributed by atoms with Gasteiger partial charge in [0.25, 0.3) is 5.91 Å². The fourth-order valence-electron chi connectivity index (χ4n) is 1.55. The molecule has 0 radical (unpaired) electrons. The Hall–Kier alpha value is -2.44. The second-order valence-electron chi connectivity index (χ2n) is 3.87. The van der Waals surface area contributed by atoms with E-state index in [2.05, 4.69) is 10.4 Å². The highest BCUT2D eigenvalue weighted by Gasteiger charge is 2.16. The molecule has 0 atom stereocenters. The molecule has 0 unspecified atom stereocenters. The fourth-order valence-corrected chi connectivity index (χ4v) is 1.55. The van der Waals surface area contributed by atoms with Crippen molar-refractivity contribution in [2.24, 2.45) is 0 Å². The van der Waals surface area contributed by atoms with Gasteiger partial charge in [0.15, 0.2) is 5.69 Å². The number of carbonyl (C=O) groups excluding carboxylic acids is 1. The average Bonchev–Trinajstić information content (AvgIpc) is 2.75. The van der Waals surface area contributed by atoms with E-state index in [1.165, 1.54) is 10.9 Å². The molecule has 0 aliphatic heterocycles. The maximum atomic E-state index is 13.4. The number of anilines is 2. The van der Waals surface area contributed by atoms with Crippen molar-refractivity contribution in [2.45, 2.75) is 13.5 Å². The number of hydrogen-bond donors (Lipinski definition) is 2. The summed E-state index contributed by atoms with van der Waals surface area (Å²) in [4.78, 5) is 11.9. The first-order chi connectivity index (χ1) is 9.01. The lowest BCUT2D eigenvalue weighted by atomic mass is 10.2. The van der Waals surface area contributed by atoms with Crippen LogP contribution in [0.3, 0.4) is 0 Å². The highest BCUT2D eigenvalue weighted by atomic mass is 19.1. The average molecular weight is 266 g/mol. The van der Waals surface area contributed by atoms with Gasteiger partial charge in [-0.2, -0.15) is 5.10 Å². The molecule has 0 aliphatic rings. The van der Waals surface area contributed by atoms with E-state index in [0.717, 1.165) is 18.2 Å². The van der Waals surface area contributed by atoms with Crippen molar-refractivity contribution in [3.8, 4) is 0 Å². The van der Waals surface area contributed by atoms with E-state index in [0.29, 0.717) is 6.54 Å². The number of amides is 1. The highest BCUT2D eigenvalue weighted by molar-refractivity contribution is 6.06. The first-order valence-electron chi connectivity index (χ1n) is 5.60. The van der Waals surface area contributed by atoms with E-state index in [1.54, 1.807) is 0 Å². The number of benzene rings is 1. The number of halogens is 2. The molecule has 0 fully saturated rings. The van der Waals surface area contributed by atoms with Crippen LogP contribution < -0.4 is 11.1 Å². The van der Waals surface area contributed by atoms with E-state index < -0.39 is 17.5 Å². The van der Waals surface area contributed by atoms with Gasteiger partial charge < -0.3 is 11.1 Å². The summed E-state index contributed by atoms with van der Waals surface area (Å²) < 4.78 is 27.8. The normalized spacial score (nSPS) is 10.5. The number of nitrogens with zero attached hydrogens (tertiary/aromatic N) is 2. The molecule has 7 heteroatoms. The molecule has 5 nitrogen and oxygen atoms in total. The largest absolute Gasteiger partial charge is 0.396 e. The molecule has 3 N–H and O–H groups in total. The van der Waals surface area contributed by atoms with Gasteiger partial charge in [0.1, 0.15) is 11.6 Å². The molecule has 2 rings (SSSR count). The van der Waals surface area contributed by atoms with Gasteiger partial charge in [-0.3, -0.25) is 9.48 Å². The van der Waals surface area contributed by atoms with Crippen LogP contribution in [0.5, 0.6) is 0 Å². The summed E-state index contributed by atoms with van der Waals surface area (Å²) in [7, 11) is 0. The zero-order valence-electron chi connectivity index (χ0n) is 10.2. The second kappa shape index (κ2) is 5.05. The summed E-state index contributed by atoms with van der Waals surface area (Å²) in [5.74, 6) is -2.07. The fraction of sp³-hybridized carbons (Fsp3) is 0.167. The number of nitrogens with one attached hydrogen (secondary N) is 1.